The van der Waals surface area contributed by atoms with Crippen molar-refractivity contribution in [3.63, 3.8) is 0 Å². The molecule has 4 atom stereocenters. The maximum atomic E-state index is 7.46. The predicted molar refractivity (Wildman–Crippen MR) is 183 cm³/mol. The highest BCUT2D eigenvalue weighted by Gasteiger charge is 2.57. The van der Waals surface area contributed by atoms with Gasteiger partial charge in [-0.15, -0.1) is 0 Å². The van der Waals surface area contributed by atoms with Gasteiger partial charge >= 0.3 is 0 Å². The van der Waals surface area contributed by atoms with Crippen LogP contribution in [0.2, 0.25) is 18.1 Å². The molecule has 0 N–H and O–H groups in total. The summed E-state index contributed by atoms with van der Waals surface area (Å²) in [6.07, 6.45) is 6.63. The first kappa shape index (κ1) is 31.7. The quantitative estimate of drug-likeness (QED) is 0.172. The standard InChI is InChI=1S/C36H54INO2Si/c1-22(2)19-24-14-16-25(17-15-24)33-30-31(36(39-33)18-12-13-28(36)37)29-26(38-32(30)23(3)4)20-35(8,9)21-27(29)40-41(10,11)34(5,6)7/h14-17,22-23,27-28,33H,12-13,18-21H2,1-11H3/t27-,28?,33+,36?/m0/s1. The van der Waals surface area contributed by atoms with Crippen molar-refractivity contribution in [2.45, 2.75) is 147 Å². The molecule has 1 aliphatic heterocycles. The van der Waals surface area contributed by atoms with E-state index in [9.17, 15) is 0 Å². The molecule has 5 rings (SSSR count). The first-order chi connectivity index (χ1) is 19.0. The van der Waals surface area contributed by atoms with E-state index in [1.807, 2.05) is 0 Å². The van der Waals surface area contributed by atoms with E-state index in [1.54, 1.807) is 0 Å². The summed E-state index contributed by atoms with van der Waals surface area (Å²) < 4.78 is 15.3. The number of rotatable bonds is 6. The molecule has 0 amide bonds. The number of benzene rings is 1. The lowest BCUT2D eigenvalue weighted by molar-refractivity contribution is -0.0514. The van der Waals surface area contributed by atoms with Crippen LogP contribution in [0.15, 0.2) is 24.3 Å². The summed E-state index contributed by atoms with van der Waals surface area (Å²) in [5.41, 5.74) is 9.30. The molecule has 41 heavy (non-hydrogen) atoms. The Hall–Kier alpha value is -0.763. The zero-order chi connectivity index (χ0) is 30.1. The Morgan fingerprint density at radius 2 is 1.73 bits per heavy atom. The van der Waals surface area contributed by atoms with Gasteiger partial charge in [0.1, 0.15) is 11.7 Å². The number of pyridine rings is 1. The number of ether oxygens (including phenoxy) is 1. The van der Waals surface area contributed by atoms with Gasteiger partial charge in [0.2, 0.25) is 0 Å². The molecule has 2 heterocycles. The molecular weight excluding hydrogens is 633 g/mol. The van der Waals surface area contributed by atoms with Crippen molar-refractivity contribution < 1.29 is 9.16 Å². The van der Waals surface area contributed by atoms with Crippen LogP contribution >= 0.6 is 22.6 Å². The van der Waals surface area contributed by atoms with Crippen LogP contribution < -0.4 is 0 Å². The smallest absolute Gasteiger partial charge is 0.192 e. The average molecular weight is 688 g/mol. The molecule has 2 unspecified atom stereocenters. The summed E-state index contributed by atoms with van der Waals surface area (Å²) in [6, 6.07) is 9.32. The van der Waals surface area contributed by atoms with Gasteiger partial charge in [-0.25, -0.2) is 0 Å². The van der Waals surface area contributed by atoms with Gasteiger partial charge in [-0.1, -0.05) is 109 Å². The number of aromatic nitrogens is 1. The largest absolute Gasteiger partial charge is 0.410 e. The normalized spacial score (nSPS) is 27.6. The molecule has 5 heteroatoms. The number of hydrogen-bond acceptors (Lipinski definition) is 3. The minimum absolute atomic E-state index is 0.0638. The summed E-state index contributed by atoms with van der Waals surface area (Å²) in [7, 11) is -2.03. The molecule has 226 valence electrons. The maximum Gasteiger partial charge on any atom is 0.192 e. The topological polar surface area (TPSA) is 31.4 Å². The number of fused-ring (bicyclic) bond motifs is 4. The van der Waals surface area contributed by atoms with Crippen molar-refractivity contribution in [2.75, 3.05) is 0 Å². The van der Waals surface area contributed by atoms with E-state index in [1.165, 1.54) is 52.0 Å². The first-order valence-corrected chi connectivity index (χ1v) is 20.3. The van der Waals surface area contributed by atoms with Crippen molar-refractivity contribution in [1.82, 2.24) is 4.98 Å². The molecule has 1 aromatic carbocycles. The van der Waals surface area contributed by atoms with Gasteiger partial charge in [0, 0.05) is 32.0 Å². The molecule has 1 saturated carbocycles. The number of nitrogens with zero attached hydrogens (tertiary/aromatic N) is 1. The number of alkyl halides is 1. The average Bonchev–Trinajstić information content (AvgIpc) is 3.37. The number of hydrogen-bond donors (Lipinski definition) is 0. The fourth-order valence-electron chi connectivity index (χ4n) is 7.30. The Morgan fingerprint density at radius 3 is 2.27 bits per heavy atom. The molecule has 0 bridgehead atoms. The van der Waals surface area contributed by atoms with Crippen LogP contribution in [0.3, 0.4) is 0 Å². The fourth-order valence-corrected chi connectivity index (χ4v) is 9.78. The highest BCUT2D eigenvalue weighted by Crippen LogP contribution is 2.62. The lowest BCUT2D eigenvalue weighted by Gasteiger charge is -2.45. The molecule has 3 aliphatic rings. The van der Waals surface area contributed by atoms with Crippen LogP contribution in [-0.4, -0.2) is 17.2 Å². The Bertz CT molecular complexity index is 1280. The Morgan fingerprint density at radius 1 is 1.07 bits per heavy atom. The molecule has 1 spiro atoms. The van der Waals surface area contributed by atoms with E-state index in [0.29, 0.717) is 15.8 Å². The minimum Gasteiger partial charge on any atom is -0.410 e. The molecule has 2 aliphatic carbocycles. The third-order valence-corrected chi connectivity index (χ3v) is 16.4. The summed E-state index contributed by atoms with van der Waals surface area (Å²) in [6.45, 7) is 25.9. The minimum atomic E-state index is -2.03. The van der Waals surface area contributed by atoms with Gasteiger partial charge in [0.15, 0.2) is 8.32 Å². The lowest BCUT2D eigenvalue weighted by atomic mass is 9.70. The van der Waals surface area contributed by atoms with Crippen LogP contribution in [0.25, 0.3) is 0 Å². The van der Waals surface area contributed by atoms with Gasteiger partial charge in [-0.2, -0.15) is 0 Å². The molecule has 2 aromatic rings. The molecular formula is C36H54INO2Si. The second-order valence-electron chi connectivity index (χ2n) is 16.3. The van der Waals surface area contributed by atoms with Gasteiger partial charge in [0.05, 0.1) is 6.10 Å². The zero-order valence-electron chi connectivity index (χ0n) is 27.6. The molecule has 3 nitrogen and oxygen atoms in total. The summed E-state index contributed by atoms with van der Waals surface area (Å²) >= 11 is 2.71. The first-order valence-electron chi connectivity index (χ1n) is 16.1. The molecule has 0 radical (unpaired) electrons. The summed E-state index contributed by atoms with van der Waals surface area (Å²) in [4.78, 5) is 5.59. The van der Waals surface area contributed by atoms with Crippen molar-refractivity contribution in [3.8, 4) is 0 Å². The molecule has 1 fully saturated rings. The zero-order valence-corrected chi connectivity index (χ0v) is 30.7. The summed E-state index contributed by atoms with van der Waals surface area (Å²) in [5, 5.41) is 0.150. The lowest BCUT2D eigenvalue weighted by Crippen LogP contribution is -2.44. The third kappa shape index (κ3) is 5.75. The van der Waals surface area contributed by atoms with Crippen LogP contribution in [-0.2, 0) is 27.6 Å². The maximum absolute atomic E-state index is 7.46. The van der Waals surface area contributed by atoms with E-state index in [4.69, 9.17) is 14.1 Å². The third-order valence-electron chi connectivity index (χ3n) is 10.3. The second kappa shape index (κ2) is 11.0. The van der Waals surface area contributed by atoms with Gasteiger partial charge in [0.25, 0.3) is 0 Å². The predicted octanol–water partition coefficient (Wildman–Crippen LogP) is 10.7. The SMILES string of the molecule is CC(C)Cc1ccc([C@H]2OC3(CCCC3I)c3c2c(C(C)C)nc2c3[C@@H](O[Si](C)(C)C(C)(C)C)CC(C)(C)C2)cc1. The van der Waals surface area contributed by atoms with Crippen molar-refractivity contribution in [2.24, 2.45) is 11.3 Å². The van der Waals surface area contributed by atoms with E-state index in [0.717, 1.165) is 25.7 Å². The highest BCUT2D eigenvalue weighted by molar-refractivity contribution is 14.1. The van der Waals surface area contributed by atoms with Crippen molar-refractivity contribution >= 4 is 30.9 Å². The Balaban J connectivity index is 1.75. The van der Waals surface area contributed by atoms with Crippen LogP contribution in [0, 0.1) is 11.3 Å². The van der Waals surface area contributed by atoms with Gasteiger partial charge in [-0.3, -0.25) is 4.98 Å². The summed E-state index contributed by atoms with van der Waals surface area (Å²) in [5.74, 6) is 0.977. The molecule has 0 saturated heterocycles. The monoisotopic (exact) mass is 687 g/mol. The van der Waals surface area contributed by atoms with Crippen molar-refractivity contribution in [3.05, 3.63) is 63.5 Å². The number of halogens is 1. The van der Waals surface area contributed by atoms with Crippen LogP contribution in [0.5, 0.6) is 0 Å². The highest BCUT2D eigenvalue weighted by atomic mass is 127. The van der Waals surface area contributed by atoms with E-state index < -0.39 is 8.32 Å². The van der Waals surface area contributed by atoms with Gasteiger partial charge in [-0.05, 0) is 85.0 Å². The Kier molecular flexibility index (Phi) is 8.49. The fraction of sp³-hybridized carbons (Fsp3) is 0.694. The van der Waals surface area contributed by atoms with E-state index >= 15 is 0 Å². The van der Waals surface area contributed by atoms with Crippen LogP contribution in [0.4, 0.5) is 0 Å². The second-order valence-corrected chi connectivity index (χ2v) is 22.6. The van der Waals surface area contributed by atoms with Gasteiger partial charge < -0.3 is 9.16 Å². The van der Waals surface area contributed by atoms with Crippen LogP contribution in [0.1, 0.15) is 145 Å². The van der Waals surface area contributed by atoms with E-state index in [2.05, 4.69) is 122 Å². The molecule has 1 aromatic heterocycles. The van der Waals surface area contributed by atoms with E-state index in [-0.39, 0.29) is 28.3 Å². The Labute approximate surface area is 265 Å². The van der Waals surface area contributed by atoms with Crippen molar-refractivity contribution in [1.29, 1.82) is 0 Å².